The van der Waals surface area contributed by atoms with Gasteiger partial charge in [-0.3, -0.25) is 0 Å². The minimum absolute atomic E-state index is 0.131. The third-order valence-corrected chi connectivity index (χ3v) is 3.14. The molecule has 0 bridgehead atoms. The molecule has 5 nitrogen and oxygen atoms in total. The van der Waals surface area contributed by atoms with Gasteiger partial charge in [0.1, 0.15) is 0 Å². The highest BCUT2D eigenvalue weighted by Gasteiger charge is 2.10. The van der Waals surface area contributed by atoms with Crippen molar-refractivity contribution in [3.8, 4) is 0 Å². The van der Waals surface area contributed by atoms with Crippen molar-refractivity contribution in [1.29, 1.82) is 0 Å². The van der Waals surface area contributed by atoms with Crippen LogP contribution in [0.25, 0.3) is 0 Å². The van der Waals surface area contributed by atoms with E-state index in [1.54, 1.807) is 6.92 Å². The normalized spacial score (nSPS) is 11.9. The standard InChI is InChI=1S/C15H17N3O2/c1-10(12-6-4-3-5-7-12)8-16-15-17-9-13(14(19)20)11(2)18-15/h3-7,9-10H,8H2,1-2H3,(H,19,20)(H,16,17,18). The quantitative estimate of drug-likeness (QED) is 0.874. The highest BCUT2D eigenvalue weighted by Crippen LogP contribution is 2.15. The van der Waals surface area contributed by atoms with Crippen LogP contribution in [-0.4, -0.2) is 27.6 Å². The summed E-state index contributed by atoms with van der Waals surface area (Å²) < 4.78 is 0. The number of carboxylic acids is 1. The number of aromatic carboxylic acids is 1. The van der Waals surface area contributed by atoms with Gasteiger partial charge in [-0.15, -0.1) is 0 Å². The van der Waals surface area contributed by atoms with Gasteiger partial charge in [-0.25, -0.2) is 14.8 Å². The van der Waals surface area contributed by atoms with Crippen LogP contribution in [-0.2, 0) is 0 Å². The minimum atomic E-state index is -1.01. The lowest BCUT2D eigenvalue weighted by atomic mass is 10.0. The average Bonchev–Trinajstić information content (AvgIpc) is 2.45. The number of nitrogens with zero attached hydrogens (tertiary/aromatic N) is 2. The zero-order valence-corrected chi connectivity index (χ0v) is 11.5. The van der Waals surface area contributed by atoms with E-state index in [2.05, 4.69) is 34.3 Å². The molecule has 0 aliphatic heterocycles. The Balaban J connectivity index is 2.01. The molecule has 1 aromatic heterocycles. The predicted molar refractivity (Wildman–Crippen MR) is 77.1 cm³/mol. The fraction of sp³-hybridized carbons (Fsp3) is 0.267. The van der Waals surface area contributed by atoms with Gasteiger partial charge < -0.3 is 10.4 Å². The van der Waals surface area contributed by atoms with E-state index in [1.807, 2.05) is 18.2 Å². The Labute approximate surface area is 117 Å². The third kappa shape index (κ3) is 3.32. The van der Waals surface area contributed by atoms with Gasteiger partial charge in [0.25, 0.3) is 0 Å². The number of aryl methyl sites for hydroxylation is 1. The molecule has 1 heterocycles. The van der Waals surface area contributed by atoms with Gasteiger partial charge >= 0.3 is 5.97 Å². The van der Waals surface area contributed by atoms with Gasteiger partial charge in [-0.1, -0.05) is 37.3 Å². The molecule has 0 saturated heterocycles. The summed E-state index contributed by atoms with van der Waals surface area (Å²) in [5, 5.41) is 12.1. The van der Waals surface area contributed by atoms with Crippen molar-refractivity contribution in [1.82, 2.24) is 9.97 Å². The average molecular weight is 271 g/mol. The topological polar surface area (TPSA) is 75.1 Å². The van der Waals surface area contributed by atoms with Crippen LogP contribution in [0.2, 0.25) is 0 Å². The van der Waals surface area contributed by atoms with Crippen molar-refractivity contribution in [3.05, 3.63) is 53.3 Å². The Bertz CT molecular complexity index is 599. The summed E-state index contributed by atoms with van der Waals surface area (Å²) in [6, 6.07) is 10.2. The summed E-state index contributed by atoms with van der Waals surface area (Å²) >= 11 is 0. The van der Waals surface area contributed by atoms with E-state index in [1.165, 1.54) is 11.8 Å². The van der Waals surface area contributed by atoms with Crippen molar-refractivity contribution in [3.63, 3.8) is 0 Å². The summed E-state index contributed by atoms with van der Waals surface area (Å²) in [5.74, 6) is -0.235. The maximum Gasteiger partial charge on any atom is 0.339 e. The van der Waals surface area contributed by atoms with Crippen LogP contribution >= 0.6 is 0 Å². The fourth-order valence-corrected chi connectivity index (χ4v) is 1.91. The number of rotatable bonds is 5. The molecular weight excluding hydrogens is 254 g/mol. The van der Waals surface area contributed by atoms with Crippen LogP contribution in [0.15, 0.2) is 36.5 Å². The molecule has 0 amide bonds. The monoisotopic (exact) mass is 271 g/mol. The van der Waals surface area contributed by atoms with E-state index in [-0.39, 0.29) is 5.56 Å². The first-order chi connectivity index (χ1) is 9.58. The summed E-state index contributed by atoms with van der Waals surface area (Å²) in [6.07, 6.45) is 1.33. The molecule has 1 unspecified atom stereocenters. The summed E-state index contributed by atoms with van der Waals surface area (Å²) in [6.45, 7) is 4.47. The fourth-order valence-electron chi connectivity index (χ4n) is 1.91. The van der Waals surface area contributed by atoms with E-state index in [4.69, 9.17) is 5.11 Å². The molecule has 20 heavy (non-hydrogen) atoms. The number of hydrogen-bond acceptors (Lipinski definition) is 4. The molecule has 0 radical (unpaired) electrons. The third-order valence-electron chi connectivity index (χ3n) is 3.14. The van der Waals surface area contributed by atoms with E-state index < -0.39 is 5.97 Å². The molecule has 5 heteroatoms. The van der Waals surface area contributed by atoms with E-state index in [0.717, 1.165) is 0 Å². The molecule has 2 aromatic rings. The second kappa shape index (κ2) is 6.14. The maximum absolute atomic E-state index is 10.9. The molecule has 2 rings (SSSR count). The van der Waals surface area contributed by atoms with Crippen molar-refractivity contribution < 1.29 is 9.90 Å². The molecule has 0 saturated carbocycles. The van der Waals surface area contributed by atoms with Crippen LogP contribution < -0.4 is 5.32 Å². The Morgan fingerprint density at radius 2 is 2.05 bits per heavy atom. The molecule has 2 N–H and O–H groups in total. The van der Waals surface area contributed by atoms with E-state index in [0.29, 0.717) is 24.1 Å². The van der Waals surface area contributed by atoms with Crippen LogP contribution in [0.4, 0.5) is 5.95 Å². The molecule has 0 spiro atoms. The highest BCUT2D eigenvalue weighted by atomic mass is 16.4. The van der Waals surface area contributed by atoms with Gasteiger partial charge in [0.2, 0.25) is 5.95 Å². The molecule has 1 atom stereocenters. The number of carboxylic acid groups (broad SMARTS) is 1. The molecule has 0 aliphatic rings. The number of carbonyl (C=O) groups is 1. The lowest BCUT2D eigenvalue weighted by Crippen LogP contribution is -2.13. The largest absolute Gasteiger partial charge is 0.478 e. The zero-order chi connectivity index (χ0) is 14.5. The van der Waals surface area contributed by atoms with E-state index in [9.17, 15) is 4.79 Å². The molecule has 0 fully saturated rings. The first-order valence-electron chi connectivity index (χ1n) is 6.43. The van der Waals surface area contributed by atoms with Gasteiger partial charge in [0, 0.05) is 12.7 Å². The first-order valence-corrected chi connectivity index (χ1v) is 6.43. The van der Waals surface area contributed by atoms with Crippen molar-refractivity contribution >= 4 is 11.9 Å². The van der Waals surface area contributed by atoms with Crippen molar-refractivity contribution in [2.75, 3.05) is 11.9 Å². The van der Waals surface area contributed by atoms with Crippen LogP contribution in [0.5, 0.6) is 0 Å². The Kier molecular flexibility index (Phi) is 4.30. The Hall–Kier alpha value is -2.43. The first kappa shape index (κ1) is 14.0. The number of nitrogens with one attached hydrogen (secondary N) is 1. The number of aromatic nitrogens is 2. The minimum Gasteiger partial charge on any atom is -0.478 e. The lowest BCUT2D eigenvalue weighted by Gasteiger charge is -2.13. The smallest absolute Gasteiger partial charge is 0.339 e. The summed E-state index contributed by atoms with van der Waals surface area (Å²) in [7, 11) is 0. The Morgan fingerprint density at radius 1 is 1.35 bits per heavy atom. The zero-order valence-electron chi connectivity index (χ0n) is 11.5. The SMILES string of the molecule is Cc1nc(NCC(C)c2ccccc2)ncc1C(=O)O. The Morgan fingerprint density at radius 3 is 2.65 bits per heavy atom. The lowest BCUT2D eigenvalue weighted by molar-refractivity contribution is 0.0695. The highest BCUT2D eigenvalue weighted by molar-refractivity contribution is 5.88. The summed E-state index contributed by atoms with van der Waals surface area (Å²) in [4.78, 5) is 19.1. The second-order valence-corrected chi connectivity index (χ2v) is 4.69. The van der Waals surface area contributed by atoms with E-state index >= 15 is 0 Å². The van der Waals surface area contributed by atoms with Gasteiger partial charge in [0.05, 0.1) is 11.3 Å². The molecule has 0 aliphatic carbocycles. The van der Waals surface area contributed by atoms with Gasteiger partial charge in [0.15, 0.2) is 0 Å². The molecule has 1 aromatic carbocycles. The molecular formula is C15H17N3O2. The number of benzene rings is 1. The summed E-state index contributed by atoms with van der Waals surface area (Å²) in [5.41, 5.74) is 1.83. The van der Waals surface area contributed by atoms with Crippen LogP contribution in [0, 0.1) is 6.92 Å². The predicted octanol–water partition coefficient (Wildman–Crippen LogP) is 2.70. The van der Waals surface area contributed by atoms with Crippen molar-refractivity contribution in [2.45, 2.75) is 19.8 Å². The van der Waals surface area contributed by atoms with Gasteiger partial charge in [-0.05, 0) is 18.4 Å². The van der Waals surface area contributed by atoms with Crippen LogP contribution in [0.1, 0.15) is 34.5 Å². The molecule has 104 valence electrons. The maximum atomic E-state index is 10.9. The van der Waals surface area contributed by atoms with Gasteiger partial charge in [-0.2, -0.15) is 0 Å². The second-order valence-electron chi connectivity index (χ2n) is 4.69. The van der Waals surface area contributed by atoms with Crippen LogP contribution in [0.3, 0.4) is 0 Å². The number of anilines is 1. The van der Waals surface area contributed by atoms with Crippen molar-refractivity contribution in [2.24, 2.45) is 0 Å². The number of hydrogen-bond donors (Lipinski definition) is 2.